The monoisotopic (exact) mass is 249 g/mol. The van der Waals surface area contributed by atoms with Gasteiger partial charge in [0.15, 0.2) is 0 Å². The average Bonchev–Trinajstić information content (AvgIpc) is 2.83. The van der Waals surface area contributed by atoms with Crippen molar-refractivity contribution in [2.75, 3.05) is 11.9 Å². The molecule has 0 spiro atoms. The summed E-state index contributed by atoms with van der Waals surface area (Å²) in [5.41, 5.74) is 0.888. The molecule has 0 aliphatic carbocycles. The van der Waals surface area contributed by atoms with Gasteiger partial charge in [0, 0.05) is 5.02 Å². The van der Waals surface area contributed by atoms with Crippen LogP contribution in [0.15, 0.2) is 18.2 Å². The summed E-state index contributed by atoms with van der Waals surface area (Å²) in [5, 5.41) is 15.3. The van der Waals surface area contributed by atoms with Gasteiger partial charge in [-0.25, -0.2) is 0 Å². The predicted octanol–water partition coefficient (Wildman–Crippen LogP) is 1.90. The molecule has 0 bridgehead atoms. The zero-order valence-corrected chi connectivity index (χ0v) is 9.92. The third kappa shape index (κ3) is 2.76. The fourth-order valence-corrected chi connectivity index (χ4v) is 2.02. The molecule has 2 rings (SSSR count). The maximum atomic E-state index is 11.9. The second-order valence-electron chi connectivity index (χ2n) is 3.94. The second kappa shape index (κ2) is 5.17. The highest BCUT2D eigenvalue weighted by Gasteiger charge is 2.22. The van der Waals surface area contributed by atoms with Crippen LogP contribution in [0.25, 0.3) is 0 Å². The topological polar surface area (TPSA) is 64.9 Å². The molecule has 1 aliphatic rings. The van der Waals surface area contributed by atoms with Crippen LogP contribution >= 0.6 is 11.6 Å². The highest BCUT2D eigenvalue weighted by molar-refractivity contribution is 6.31. The Morgan fingerprint density at radius 2 is 2.41 bits per heavy atom. The molecule has 1 aromatic rings. The van der Waals surface area contributed by atoms with Crippen molar-refractivity contribution in [1.29, 1.82) is 5.26 Å². The Hall–Kier alpha value is -1.57. The van der Waals surface area contributed by atoms with E-state index in [1.54, 1.807) is 18.2 Å². The molecule has 0 saturated carbocycles. The molecule has 1 heterocycles. The third-order valence-electron chi connectivity index (χ3n) is 2.74. The smallest absolute Gasteiger partial charge is 0.241 e. The quantitative estimate of drug-likeness (QED) is 0.841. The van der Waals surface area contributed by atoms with Crippen LogP contribution in [0.2, 0.25) is 5.02 Å². The van der Waals surface area contributed by atoms with Crippen LogP contribution in [0.5, 0.6) is 0 Å². The van der Waals surface area contributed by atoms with Gasteiger partial charge in [-0.2, -0.15) is 5.26 Å². The Balaban J connectivity index is 2.15. The standard InChI is InChI=1S/C12H12ClN3O/c13-9-4-3-8(7-14)11(6-9)16-12(17)10-2-1-5-15-10/h3-4,6,10,15H,1-2,5H2,(H,16,17)/t10-/m0/s1. The SMILES string of the molecule is N#Cc1ccc(Cl)cc1NC(=O)[C@@H]1CCCN1. The van der Waals surface area contributed by atoms with Crippen molar-refractivity contribution < 1.29 is 4.79 Å². The molecule has 1 aromatic carbocycles. The van der Waals surface area contributed by atoms with Crippen LogP contribution in [0.1, 0.15) is 18.4 Å². The number of amides is 1. The number of rotatable bonds is 2. The molecule has 1 atom stereocenters. The van der Waals surface area contributed by atoms with Crippen molar-refractivity contribution in [1.82, 2.24) is 5.32 Å². The lowest BCUT2D eigenvalue weighted by Gasteiger charge is -2.12. The first-order valence-corrected chi connectivity index (χ1v) is 5.82. The first kappa shape index (κ1) is 11.9. The molecular weight excluding hydrogens is 238 g/mol. The van der Waals surface area contributed by atoms with Crippen molar-refractivity contribution in [3.63, 3.8) is 0 Å². The molecule has 88 valence electrons. The molecule has 0 unspecified atom stereocenters. The zero-order valence-electron chi connectivity index (χ0n) is 9.16. The van der Waals surface area contributed by atoms with Crippen molar-refractivity contribution in [3.05, 3.63) is 28.8 Å². The molecule has 5 heteroatoms. The van der Waals surface area contributed by atoms with E-state index in [2.05, 4.69) is 10.6 Å². The van der Waals surface area contributed by atoms with E-state index < -0.39 is 0 Å². The minimum atomic E-state index is -0.166. The average molecular weight is 250 g/mol. The van der Waals surface area contributed by atoms with Gasteiger partial charge in [0.2, 0.25) is 5.91 Å². The molecule has 1 saturated heterocycles. The van der Waals surface area contributed by atoms with E-state index in [4.69, 9.17) is 16.9 Å². The van der Waals surface area contributed by atoms with Crippen LogP contribution in [0, 0.1) is 11.3 Å². The van der Waals surface area contributed by atoms with Crippen LogP contribution in [-0.4, -0.2) is 18.5 Å². The van der Waals surface area contributed by atoms with Crippen LogP contribution in [0.3, 0.4) is 0 Å². The lowest BCUT2D eigenvalue weighted by atomic mass is 10.1. The van der Waals surface area contributed by atoms with Gasteiger partial charge >= 0.3 is 0 Å². The Labute approximate surface area is 105 Å². The summed E-state index contributed by atoms with van der Waals surface area (Å²) in [5.74, 6) is -0.110. The minimum Gasteiger partial charge on any atom is -0.323 e. The largest absolute Gasteiger partial charge is 0.323 e. The second-order valence-corrected chi connectivity index (χ2v) is 4.38. The summed E-state index contributed by atoms with van der Waals surface area (Å²) in [6.07, 6.45) is 1.83. The number of anilines is 1. The molecule has 0 radical (unpaired) electrons. The Morgan fingerprint density at radius 1 is 1.59 bits per heavy atom. The molecular formula is C12H12ClN3O. The van der Waals surface area contributed by atoms with Crippen LogP contribution in [0.4, 0.5) is 5.69 Å². The van der Waals surface area contributed by atoms with Gasteiger partial charge in [-0.3, -0.25) is 4.79 Å². The highest BCUT2D eigenvalue weighted by Crippen LogP contribution is 2.21. The van der Waals surface area contributed by atoms with E-state index in [1.165, 1.54) is 0 Å². The van der Waals surface area contributed by atoms with E-state index >= 15 is 0 Å². The van der Waals surface area contributed by atoms with Gasteiger partial charge in [0.05, 0.1) is 17.3 Å². The van der Waals surface area contributed by atoms with Crippen LogP contribution < -0.4 is 10.6 Å². The zero-order chi connectivity index (χ0) is 12.3. The summed E-state index contributed by atoms with van der Waals surface area (Å²) >= 11 is 5.84. The van der Waals surface area contributed by atoms with Crippen molar-refractivity contribution in [2.45, 2.75) is 18.9 Å². The predicted molar refractivity (Wildman–Crippen MR) is 65.8 cm³/mol. The van der Waals surface area contributed by atoms with Crippen molar-refractivity contribution in [3.8, 4) is 6.07 Å². The number of carbonyl (C=O) groups excluding carboxylic acids is 1. The first-order valence-electron chi connectivity index (χ1n) is 5.44. The minimum absolute atomic E-state index is 0.110. The highest BCUT2D eigenvalue weighted by atomic mass is 35.5. The Kier molecular flexibility index (Phi) is 3.62. The number of halogens is 1. The number of nitrogens with zero attached hydrogens (tertiary/aromatic N) is 1. The number of nitrogens with one attached hydrogen (secondary N) is 2. The van der Waals surface area contributed by atoms with Gasteiger partial charge in [0.25, 0.3) is 0 Å². The van der Waals surface area contributed by atoms with E-state index in [-0.39, 0.29) is 11.9 Å². The lowest BCUT2D eigenvalue weighted by molar-refractivity contribution is -0.117. The van der Waals surface area contributed by atoms with Crippen molar-refractivity contribution in [2.24, 2.45) is 0 Å². The molecule has 2 N–H and O–H groups in total. The molecule has 0 aromatic heterocycles. The van der Waals surface area contributed by atoms with Crippen LogP contribution in [-0.2, 0) is 4.79 Å². The van der Waals surface area contributed by atoms with Gasteiger partial charge in [-0.15, -0.1) is 0 Å². The molecule has 17 heavy (non-hydrogen) atoms. The maximum absolute atomic E-state index is 11.9. The molecule has 4 nitrogen and oxygen atoms in total. The third-order valence-corrected chi connectivity index (χ3v) is 2.97. The van der Waals surface area contributed by atoms with E-state index in [1.807, 2.05) is 6.07 Å². The number of benzene rings is 1. The van der Waals surface area contributed by atoms with Gasteiger partial charge in [-0.05, 0) is 37.6 Å². The van der Waals surface area contributed by atoms with Crippen molar-refractivity contribution >= 4 is 23.2 Å². The Morgan fingerprint density at radius 3 is 3.06 bits per heavy atom. The van der Waals surface area contributed by atoms with E-state index in [9.17, 15) is 4.79 Å². The maximum Gasteiger partial charge on any atom is 0.241 e. The summed E-state index contributed by atoms with van der Waals surface area (Å²) in [6, 6.07) is 6.67. The fourth-order valence-electron chi connectivity index (χ4n) is 1.85. The number of carbonyl (C=O) groups is 1. The van der Waals surface area contributed by atoms with E-state index in [0.29, 0.717) is 16.3 Å². The summed E-state index contributed by atoms with van der Waals surface area (Å²) in [4.78, 5) is 11.9. The summed E-state index contributed by atoms with van der Waals surface area (Å²) in [6.45, 7) is 0.860. The Bertz CT molecular complexity index is 475. The number of nitriles is 1. The molecule has 1 fully saturated rings. The van der Waals surface area contributed by atoms with Gasteiger partial charge < -0.3 is 10.6 Å². The van der Waals surface area contributed by atoms with Gasteiger partial charge in [0.1, 0.15) is 6.07 Å². The summed E-state index contributed by atoms with van der Waals surface area (Å²) in [7, 11) is 0. The number of hydrogen-bond donors (Lipinski definition) is 2. The molecule has 1 amide bonds. The van der Waals surface area contributed by atoms with E-state index in [0.717, 1.165) is 19.4 Å². The molecule has 1 aliphatic heterocycles. The van der Waals surface area contributed by atoms with Gasteiger partial charge in [-0.1, -0.05) is 11.6 Å². The fraction of sp³-hybridized carbons (Fsp3) is 0.333. The first-order chi connectivity index (χ1) is 8.20. The normalized spacial score (nSPS) is 18.7. The lowest BCUT2D eigenvalue weighted by Crippen LogP contribution is -2.35. The number of hydrogen-bond acceptors (Lipinski definition) is 3. The summed E-state index contributed by atoms with van der Waals surface area (Å²) < 4.78 is 0.